The Balaban J connectivity index is 2.83. The van der Waals surface area contributed by atoms with Crippen LogP contribution in [0, 0.1) is 0 Å². The summed E-state index contributed by atoms with van der Waals surface area (Å²) in [6.45, 7) is 0.563. The number of halogens is 1. The first-order valence-corrected chi connectivity index (χ1v) is 5.40. The zero-order valence-electron chi connectivity index (χ0n) is 6.86. The molecule has 6 heteroatoms. The quantitative estimate of drug-likeness (QED) is 0.469. The maximum absolute atomic E-state index is 9.96. The number of carbonyl (C=O) groups excluding carboxylic acids is 1. The van der Waals surface area contributed by atoms with Gasteiger partial charge in [-0.05, 0) is 22.2 Å². The Morgan fingerprint density at radius 3 is 3.15 bits per heavy atom. The van der Waals surface area contributed by atoms with E-state index in [1.54, 1.807) is 6.20 Å². The van der Waals surface area contributed by atoms with Crippen LogP contribution < -0.4 is 0 Å². The van der Waals surface area contributed by atoms with Crippen LogP contribution in [-0.2, 0) is 16.1 Å². The topological polar surface area (TPSA) is 52.1 Å². The Labute approximate surface area is 88.2 Å². The molecule has 0 amide bonds. The summed E-state index contributed by atoms with van der Waals surface area (Å²) in [5.74, 6) is 0. The molecule has 4 nitrogen and oxygen atoms in total. The van der Waals surface area contributed by atoms with Gasteiger partial charge in [0, 0.05) is 6.20 Å². The van der Waals surface area contributed by atoms with Crippen molar-refractivity contribution in [3.8, 4) is 0 Å². The number of carbonyl (C=O) groups is 1. The van der Waals surface area contributed by atoms with E-state index in [1.165, 1.54) is 11.8 Å². The minimum Gasteiger partial charge on any atom is -0.461 e. The summed E-state index contributed by atoms with van der Waals surface area (Å²) >= 11 is 4.70. The maximum atomic E-state index is 9.96. The standard InChI is InChI=1S/C7H7BrN2O2S/c1-13-7-9-2-5(8)6(10-7)3-12-4-11/h2,4H,3H2,1H3. The van der Waals surface area contributed by atoms with Gasteiger partial charge in [-0.1, -0.05) is 11.8 Å². The predicted octanol–water partition coefficient (Wildman–Crippen LogP) is 1.63. The average molecular weight is 263 g/mol. The first-order valence-electron chi connectivity index (χ1n) is 3.38. The van der Waals surface area contributed by atoms with Gasteiger partial charge in [-0.3, -0.25) is 4.79 Å². The zero-order chi connectivity index (χ0) is 9.68. The van der Waals surface area contributed by atoms with Crippen LogP contribution >= 0.6 is 27.7 Å². The summed E-state index contributed by atoms with van der Waals surface area (Å²) in [5.41, 5.74) is 0.673. The summed E-state index contributed by atoms with van der Waals surface area (Å²) in [7, 11) is 0. The molecule has 1 heterocycles. The van der Waals surface area contributed by atoms with E-state index >= 15 is 0 Å². The van der Waals surface area contributed by atoms with Gasteiger partial charge < -0.3 is 4.74 Å². The maximum Gasteiger partial charge on any atom is 0.293 e. The molecule has 1 rings (SSSR count). The van der Waals surface area contributed by atoms with Crippen molar-refractivity contribution in [1.29, 1.82) is 0 Å². The molecule has 0 aromatic carbocycles. The molecule has 0 spiro atoms. The zero-order valence-corrected chi connectivity index (χ0v) is 9.26. The molecule has 70 valence electrons. The van der Waals surface area contributed by atoms with Crippen LogP contribution in [0.15, 0.2) is 15.8 Å². The van der Waals surface area contributed by atoms with Crippen LogP contribution in [-0.4, -0.2) is 22.7 Å². The molecule has 0 N–H and O–H groups in total. The molecular weight excluding hydrogens is 256 g/mol. The largest absolute Gasteiger partial charge is 0.461 e. The van der Waals surface area contributed by atoms with Crippen LogP contribution in [0.4, 0.5) is 0 Å². The monoisotopic (exact) mass is 262 g/mol. The number of rotatable bonds is 4. The highest BCUT2D eigenvalue weighted by Gasteiger charge is 2.04. The Bertz CT molecular complexity index is 309. The van der Waals surface area contributed by atoms with Crippen LogP contribution in [0.5, 0.6) is 0 Å². The third kappa shape index (κ3) is 2.96. The summed E-state index contributed by atoms with van der Waals surface area (Å²) < 4.78 is 5.33. The van der Waals surface area contributed by atoms with Crippen molar-refractivity contribution in [2.24, 2.45) is 0 Å². The van der Waals surface area contributed by atoms with Crippen LogP contribution in [0.3, 0.4) is 0 Å². The van der Waals surface area contributed by atoms with E-state index in [0.717, 1.165) is 4.47 Å². The molecule has 0 atom stereocenters. The van der Waals surface area contributed by atoms with E-state index in [9.17, 15) is 4.79 Å². The van der Waals surface area contributed by atoms with E-state index in [1.807, 2.05) is 6.26 Å². The molecule has 0 aliphatic heterocycles. The van der Waals surface area contributed by atoms with E-state index in [2.05, 4.69) is 30.6 Å². The normalized spacial score (nSPS) is 9.69. The second-order valence-electron chi connectivity index (χ2n) is 2.06. The molecule has 0 radical (unpaired) electrons. The van der Waals surface area contributed by atoms with Gasteiger partial charge in [0.1, 0.15) is 6.61 Å². The summed E-state index contributed by atoms with van der Waals surface area (Å²) in [6, 6.07) is 0. The fraction of sp³-hybridized carbons (Fsp3) is 0.286. The first-order chi connectivity index (χ1) is 6.27. The van der Waals surface area contributed by atoms with Gasteiger partial charge in [0.15, 0.2) is 5.16 Å². The van der Waals surface area contributed by atoms with Gasteiger partial charge >= 0.3 is 0 Å². The van der Waals surface area contributed by atoms with Crippen LogP contribution in [0.1, 0.15) is 5.69 Å². The smallest absolute Gasteiger partial charge is 0.293 e. The lowest BCUT2D eigenvalue weighted by atomic mass is 10.4. The van der Waals surface area contributed by atoms with Gasteiger partial charge in [0.05, 0.1) is 10.2 Å². The molecule has 0 saturated carbocycles. The van der Waals surface area contributed by atoms with Crippen molar-refractivity contribution >= 4 is 34.2 Å². The van der Waals surface area contributed by atoms with Crippen molar-refractivity contribution < 1.29 is 9.53 Å². The van der Waals surface area contributed by atoms with Crippen LogP contribution in [0.25, 0.3) is 0 Å². The van der Waals surface area contributed by atoms with Gasteiger partial charge in [-0.25, -0.2) is 9.97 Å². The predicted molar refractivity (Wildman–Crippen MR) is 52.4 cm³/mol. The molecule has 0 saturated heterocycles. The number of ether oxygens (including phenoxy) is 1. The first kappa shape index (κ1) is 10.5. The third-order valence-corrected chi connectivity index (χ3v) is 2.49. The van der Waals surface area contributed by atoms with Gasteiger partial charge in [0.25, 0.3) is 6.47 Å². The third-order valence-electron chi connectivity index (χ3n) is 1.27. The van der Waals surface area contributed by atoms with Crippen LogP contribution in [0.2, 0.25) is 0 Å². The highest BCUT2D eigenvalue weighted by Crippen LogP contribution is 2.17. The van der Waals surface area contributed by atoms with Crippen molar-refractivity contribution in [3.63, 3.8) is 0 Å². The van der Waals surface area contributed by atoms with E-state index in [0.29, 0.717) is 17.3 Å². The Morgan fingerprint density at radius 1 is 1.77 bits per heavy atom. The summed E-state index contributed by atoms with van der Waals surface area (Å²) in [5, 5.41) is 0.660. The van der Waals surface area contributed by atoms with Gasteiger partial charge in [-0.15, -0.1) is 0 Å². The molecular formula is C7H7BrN2O2S. The second kappa shape index (κ2) is 5.18. The molecule has 0 bridgehead atoms. The Morgan fingerprint density at radius 2 is 2.54 bits per heavy atom. The van der Waals surface area contributed by atoms with E-state index in [-0.39, 0.29) is 6.61 Å². The molecule has 1 aromatic rings. The number of hydrogen-bond donors (Lipinski definition) is 0. The molecule has 0 aliphatic rings. The minimum atomic E-state index is 0.167. The average Bonchev–Trinajstić information content (AvgIpc) is 2.17. The summed E-state index contributed by atoms with van der Waals surface area (Å²) in [6.07, 6.45) is 3.52. The molecule has 1 aromatic heterocycles. The van der Waals surface area contributed by atoms with E-state index in [4.69, 9.17) is 0 Å². The fourth-order valence-electron chi connectivity index (χ4n) is 0.697. The lowest BCUT2D eigenvalue weighted by Crippen LogP contribution is -1.98. The van der Waals surface area contributed by atoms with Crippen molar-refractivity contribution in [3.05, 3.63) is 16.4 Å². The fourth-order valence-corrected chi connectivity index (χ4v) is 1.36. The number of thioether (sulfide) groups is 1. The lowest BCUT2D eigenvalue weighted by molar-refractivity contribution is -0.129. The minimum absolute atomic E-state index is 0.167. The molecule has 0 fully saturated rings. The van der Waals surface area contributed by atoms with Gasteiger partial charge in [-0.2, -0.15) is 0 Å². The summed E-state index contributed by atoms with van der Waals surface area (Å²) in [4.78, 5) is 18.1. The second-order valence-corrected chi connectivity index (χ2v) is 3.69. The van der Waals surface area contributed by atoms with Crippen molar-refractivity contribution in [2.75, 3.05) is 6.26 Å². The Kier molecular flexibility index (Phi) is 4.17. The van der Waals surface area contributed by atoms with Crippen molar-refractivity contribution in [1.82, 2.24) is 9.97 Å². The van der Waals surface area contributed by atoms with Crippen molar-refractivity contribution in [2.45, 2.75) is 11.8 Å². The Hall–Kier alpha value is -0.620. The highest BCUT2D eigenvalue weighted by molar-refractivity contribution is 9.10. The number of hydrogen-bond acceptors (Lipinski definition) is 5. The highest BCUT2D eigenvalue weighted by atomic mass is 79.9. The number of nitrogens with zero attached hydrogens (tertiary/aromatic N) is 2. The number of aromatic nitrogens is 2. The molecule has 0 aliphatic carbocycles. The van der Waals surface area contributed by atoms with Gasteiger partial charge in [0.2, 0.25) is 0 Å². The van der Waals surface area contributed by atoms with E-state index < -0.39 is 0 Å². The molecule has 13 heavy (non-hydrogen) atoms. The lowest BCUT2D eigenvalue weighted by Gasteiger charge is -2.02. The SMILES string of the molecule is CSc1ncc(Br)c(COC=O)n1. The molecule has 0 unspecified atom stereocenters.